The molecular formula is C5H7O4P. The van der Waals surface area contributed by atoms with Gasteiger partial charge in [-0.05, 0) is 13.0 Å². The maximum atomic E-state index is 10.5. The third-order valence-electron chi connectivity index (χ3n) is 1.15. The first-order valence-corrected chi connectivity index (χ1v) is 4.23. The standard InChI is InChI=1S/C5H7O4P/c1-4-5(2-3-9-4)10(6,7)8/h2-3H,1H3,(H2,6,7,8). The summed E-state index contributed by atoms with van der Waals surface area (Å²) in [6, 6.07) is 1.27. The topological polar surface area (TPSA) is 70.7 Å². The minimum Gasteiger partial charge on any atom is -0.469 e. The van der Waals surface area contributed by atoms with Gasteiger partial charge in [-0.2, -0.15) is 0 Å². The average Bonchev–Trinajstić information content (AvgIpc) is 2.11. The van der Waals surface area contributed by atoms with Gasteiger partial charge in [0, 0.05) is 0 Å². The van der Waals surface area contributed by atoms with E-state index < -0.39 is 7.60 Å². The van der Waals surface area contributed by atoms with Crippen molar-refractivity contribution in [3.8, 4) is 0 Å². The Kier molecular flexibility index (Phi) is 1.68. The fraction of sp³-hybridized carbons (Fsp3) is 0.200. The van der Waals surface area contributed by atoms with E-state index in [0.29, 0.717) is 0 Å². The first kappa shape index (κ1) is 7.54. The molecule has 1 aromatic heterocycles. The molecule has 56 valence electrons. The molecule has 1 rings (SSSR count). The van der Waals surface area contributed by atoms with E-state index in [9.17, 15) is 4.57 Å². The highest BCUT2D eigenvalue weighted by Crippen LogP contribution is 2.34. The molecule has 0 aliphatic carbocycles. The van der Waals surface area contributed by atoms with Gasteiger partial charge in [0.1, 0.15) is 11.1 Å². The van der Waals surface area contributed by atoms with Crippen molar-refractivity contribution in [1.29, 1.82) is 0 Å². The molecule has 0 aliphatic heterocycles. The summed E-state index contributed by atoms with van der Waals surface area (Å²) < 4.78 is 15.2. The smallest absolute Gasteiger partial charge is 0.359 e. The summed E-state index contributed by atoms with van der Waals surface area (Å²) in [5.41, 5.74) is 0. The van der Waals surface area contributed by atoms with E-state index in [1.54, 1.807) is 0 Å². The summed E-state index contributed by atoms with van der Waals surface area (Å²) in [5, 5.41) is -0.0347. The zero-order chi connectivity index (χ0) is 7.78. The van der Waals surface area contributed by atoms with Gasteiger partial charge in [0.2, 0.25) is 0 Å². The zero-order valence-corrected chi connectivity index (χ0v) is 6.21. The van der Waals surface area contributed by atoms with Crippen molar-refractivity contribution in [2.75, 3.05) is 0 Å². The molecule has 0 unspecified atom stereocenters. The maximum absolute atomic E-state index is 10.5. The molecule has 0 amide bonds. The van der Waals surface area contributed by atoms with Crippen LogP contribution in [-0.2, 0) is 4.57 Å². The quantitative estimate of drug-likeness (QED) is 0.586. The van der Waals surface area contributed by atoms with Crippen LogP contribution in [0.1, 0.15) is 5.76 Å². The Balaban J connectivity index is 3.18. The lowest BCUT2D eigenvalue weighted by atomic mass is 10.5. The van der Waals surface area contributed by atoms with E-state index in [1.165, 1.54) is 19.3 Å². The molecule has 0 aromatic carbocycles. The molecule has 0 fully saturated rings. The highest BCUT2D eigenvalue weighted by Gasteiger charge is 2.21. The minimum absolute atomic E-state index is 0.0347. The Morgan fingerprint density at radius 3 is 2.40 bits per heavy atom. The van der Waals surface area contributed by atoms with Crippen LogP contribution in [0.4, 0.5) is 0 Å². The Morgan fingerprint density at radius 2 is 2.20 bits per heavy atom. The maximum Gasteiger partial charge on any atom is 0.359 e. The Hall–Kier alpha value is -0.570. The third-order valence-corrected chi connectivity index (χ3v) is 2.24. The molecule has 0 saturated carbocycles. The summed E-state index contributed by atoms with van der Waals surface area (Å²) in [6.45, 7) is 1.51. The number of hydrogen-bond acceptors (Lipinski definition) is 2. The van der Waals surface area contributed by atoms with Gasteiger partial charge in [0.05, 0.1) is 6.26 Å². The summed E-state index contributed by atoms with van der Waals surface area (Å²) in [5.74, 6) is 0.272. The first-order valence-electron chi connectivity index (χ1n) is 2.62. The van der Waals surface area contributed by atoms with Gasteiger partial charge in [-0.25, -0.2) is 0 Å². The van der Waals surface area contributed by atoms with Crippen molar-refractivity contribution < 1.29 is 18.8 Å². The summed E-state index contributed by atoms with van der Waals surface area (Å²) in [4.78, 5) is 17.2. The van der Waals surface area contributed by atoms with Crippen LogP contribution in [-0.4, -0.2) is 9.79 Å². The van der Waals surface area contributed by atoms with Crippen LogP contribution in [0.2, 0.25) is 0 Å². The molecule has 5 heteroatoms. The van der Waals surface area contributed by atoms with Gasteiger partial charge in [-0.3, -0.25) is 4.57 Å². The van der Waals surface area contributed by atoms with Crippen molar-refractivity contribution in [2.45, 2.75) is 6.92 Å². The number of hydrogen-bond donors (Lipinski definition) is 2. The van der Waals surface area contributed by atoms with E-state index in [2.05, 4.69) is 0 Å². The zero-order valence-electron chi connectivity index (χ0n) is 5.31. The van der Waals surface area contributed by atoms with E-state index in [4.69, 9.17) is 14.2 Å². The molecule has 1 aromatic rings. The second kappa shape index (κ2) is 2.23. The van der Waals surface area contributed by atoms with E-state index in [-0.39, 0.29) is 11.1 Å². The predicted octanol–water partition coefficient (Wildman–Crippen LogP) is 0.391. The molecule has 0 spiro atoms. The Labute approximate surface area is 57.6 Å². The van der Waals surface area contributed by atoms with Crippen LogP contribution < -0.4 is 5.30 Å². The van der Waals surface area contributed by atoms with E-state index >= 15 is 0 Å². The molecule has 10 heavy (non-hydrogen) atoms. The van der Waals surface area contributed by atoms with Crippen LogP contribution >= 0.6 is 7.60 Å². The third kappa shape index (κ3) is 1.29. The van der Waals surface area contributed by atoms with Crippen LogP contribution in [0.25, 0.3) is 0 Å². The molecule has 0 bridgehead atoms. The Bertz CT molecular complexity index is 271. The molecule has 0 radical (unpaired) electrons. The average molecular weight is 162 g/mol. The fourth-order valence-corrected chi connectivity index (χ4v) is 1.40. The van der Waals surface area contributed by atoms with Crippen molar-refractivity contribution in [3.05, 3.63) is 18.1 Å². The molecule has 0 saturated heterocycles. The van der Waals surface area contributed by atoms with Gasteiger partial charge in [-0.15, -0.1) is 0 Å². The van der Waals surface area contributed by atoms with Gasteiger partial charge in [-0.1, -0.05) is 0 Å². The lowest BCUT2D eigenvalue weighted by Crippen LogP contribution is -2.02. The van der Waals surface area contributed by atoms with Crippen molar-refractivity contribution >= 4 is 12.9 Å². The summed E-state index contributed by atoms with van der Waals surface area (Å²) >= 11 is 0. The van der Waals surface area contributed by atoms with Crippen LogP contribution in [0.5, 0.6) is 0 Å². The second-order valence-corrected chi connectivity index (χ2v) is 3.48. The fourth-order valence-electron chi connectivity index (χ4n) is 0.680. The van der Waals surface area contributed by atoms with Gasteiger partial charge < -0.3 is 14.2 Å². The molecular weight excluding hydrogens is 155 g/mol. The van der Waals surface area contributed by atoms with Crippen LogP contribution in [0.15, 0.2) is 16.7 Å². The highest BCUT2D eigenvalue weighted by molar-refractivity contribution is 7.60. The van der Waals surface area contributed by atoms with Crippen molar-refractivity contribution in [1.82, 2.24) is 0 Å². The monoisotopic (exact) mass is 162 g/mol. The normalized spacial score (nSPS) is 11.9. The summed E-state index contributed by atoms with van der Waals surface area (Å²) in [7, 11) is -4.10. The molecule has 2 N–H and O–H groups in total. The highest BCUT2D eigenvalue weighted by atomic mass is 31.2. The molecule has 0 aliphatic rings. The van der Waals surface area contributed by atoms with Gasteiger partial charge in [0.25, 0.3) is 0 Å². The van der Waals surface area contributed by atoms with E-state index in [1.807, 2.05) is 0 Å². The number of furan rings is 1. The van der Waals surface area contributed by atoms with Crippen molar-refractivity contribution in [3.63, 3.8) is 0 Å². The number of aryl methyl sites for hydroxylation is 1. The van der Waals surface area contributed by atoms with Gasteiger partial charge >= 0.3 is 7.60 Å². The minimum atomic E-state index is -4.10. The first-order chi connectivity index (χ1) is 4.52. The molecule has 4 nitrogen and oxygen atoms in total. The lowest BCUT2D eigenvalue weighted by molar-refractivity contribution is 0.386. The Morgan fingerprint density at radius 1 is 1.60 bits per heavy atom. The second-order valence-electron chi connectivity index (χ2n) is 1.91. The lowest BCUT2D eigenvalue weighted by Gasteiger charge is -1.98. The number of rotatable bonds is 1. The van der Waals surface area contributed by atoms with Crippen LogP contribution in [0, 0.1) is 6.92 Å². The SMILES string of the molecule is Cc1occc1P(=O)(O)O. The van der Waals surface area contributed by atoms with Gasteiger partial charge in [0.15, 0.2) is 0 Å². The largest absolute Gasteiger partial charge is 0.469 e. The molecule has 1 heterocycles. The van der Waals surface area contributed by atoms with Crippen molar-refractivity contribution in [2.24, 2.45) is 0 Å². The van der Waals surface area contributed by atoms with E-state index in [0.717, 1.165) is 0 Å². The molecule has 0 atom stereocenters. The predicted molar refractivity (Wildman–Crippen MR) is 35.1 cm³/mol. The summed E-state index contributed by atoms with van der Waals surface area (Å²) in [6.07, 6.45) is 1.25. The van der Waals surface area contributed by atoms with Crippen LogP contribution in [0.3, 0.4) is 0 Å².